The van der Waals surface area contributed by atoms with E-state index in [9.17, 15) is 9.59 Å². The van der Waals surface area contributed by atoms with Crippen LogP contribution in [0.25, 0.3) is 0 Å². The minimum absolute atomic E-state index is 0.0166. The first-order valence-electron chi connectivity index (χ1n) is 2.77. The molecule has 5 heteroatoms. The van der Waals surface area contributed by atoms with Gasteiger partial charge in [-0.3, -0.25) is 4.79 Å². The van der Waals surface area contributed by atoms with Crippen LogP contribution in [-0.4, -0.2) is 19.0 Å². The van der Waals surface area contributed by atoms with E-state index in [4.69, 9.17) is 0 Å². The van der Waals surface area contributed by atoms with Gasteiger partial charge in [-0.15, -0.1) is 0 Å². The van der Waals surface area contributed by atoms with Crippen LogP contribution in [-0.2, 0) is 19.2 Å². The highest BCUT2D eigenvalue weighted by atomic mass is 16.7. The van der Waals surface area contributed by atoms with Crippen molar-refractivity contribution in [2.24, 2.45) is 5.90 Å². The molecule has 0 aliphatic heterocycles. The van der Waals surface area contributed by atoms with Gasteiger partial charge in [0.2, 0.25) is 0 Å². The Kier molecular flexibility index (Phi) is 3.90. The van der Waals surface area contributed by atoms with E-state index in [-0.39, 0.29) is 12.0 Å². The molecular weight excluding hydrogens is 150 g/mol. The van der Waals surface area contributed by atoms with Crippen LogP contribution in [0.2, 0.25) is 0 Å². The molecule has 0 saturated carbocycles. The third-order valence-corrected chi connectivity index (χ3v) is 0.963. The van der Waals surface area contributed by atoms with Gasteiger partial charge in [-0.25, -0.2) is 4.79 Å². The van der Waals surface area contributed by atoms with Crippen molar-refractivity contribution in [3.63, 3.8) is 0 Å². The van der Waals surface area contributed by atoms with Crippen molar-refractivity contribution >= 4 is 11.9 Å². The van der Waals surface area contributed by atoms with Gasteiger partial charge in [0.05, 0.1) is 13.5 Å². The molecule has 0 amide bonds. The molecular formula is C6H9NO4. The number of nitrogens with two attached hydrogens (primary N) is 1. The average molecular weight is 159 g/mol. The summed E-state index contributed by atoms with van der Waals surface area (Å²) in [5, 5.41) is 0. The molecule has 62 valence electrons. The van der Waals surface area contributed by atoms with E-state index in [2.05, 4.69) is 22.1 Å². The lowest BCUT2D eigenvalue weighted by Gasteiger charge is -1.99. The summed E-state index contributed by atoms with van der Waals surface area (Å²) in [4.78, 5) is 24.8. The van der Waals surface area contributed by atoms with Gasteiger partial charge in [0.15, 0.2) is 0 Å². The average Bonchev–Trinajstić information content (AvgIpc) is 2.02. The summed E-state index contributed by atoms with van der Waals surface area (Å²) in [6.45, 7) is 3.28. The van der Waals surface area contributed by atoms with E-state index in [0.29, 0.717) is 0 Å². The molecule has 0 aromatic rings. The molecule has 0 aromatic heterocycles. The van der Waals surface area contributed by atoms with Crippen LogP contribution in [0.3, 0.4) is 0 Å². The molecule has 11 heavy (non-hydrogen) atoms. The SMILES string of the molecule is C=C(CC(=O)ON)C(=O)OC. The fourth-order valence-corrected chi connectivity index (χ4v) is 0.432. The fraction of sp³-hybridized carbons (Fsp3) is 0.333. The van der Waals surface area contributed by atoms with E-state index in [0.717, 1.165) is 0 Å². The summed E-state index contributed by atoms with van der Waals surface area (Å²) >= 11 is 0. The lowest BCUT2D eigenvalue weighted by atomic mass is 10.2. The van der Waals surface area contributed by atoms with Crippen LogP contribution in [0.4, 0.5) is 0 Å². The minimum Gasteiger partial charge on any atom is -0.466 e. The van der Waals surface area contributed by atoms with Crippen molar-refractivity contribution in [2.45, 2.75) is 6.42 Å². The number of ether oxygens (including phenoxy) is 1. The maximum absolute atomic E-state index is 10.6. The molecule has 0 bridgehead atoms. The quantitative estimate of drug-likeness (QED) is 0.342. The van der Waals surface area contributed by atoms with Crippen LogP contribution in [0.15, 0.2) is 12.2 Å². The highest BCUT2D eigenvalue weighted by Crippen LogP contribution is 2.00. The van der Waals surface area contributed by atoms with Crippen LogP contribution in [0, 0.1) is 0 Å². The molecule has 0 rings (SSSR count). The van der Waals surface area contributed by atoms with Crippen LogP contribution < -0.4 is 5.90 Å². The highest BCUT2D eigenvalue weighted by Gasteiger charge is 2.11. The van der Waals surface area contributed by atoms with Gasteiger partial charge in [-0.1, -0.05) is 6.58 Å². The Balaban J connectivity index is 3.88. The number of carbonyl (C=O) groups is 2. The van der Waals surface area contributed by atoms with Crippen molar-refractivity contribution < 1.29 is 19.2 Å². The Morgan fingerprint density at radius 3 is 2.45 bits per heavy atom. The van der Waals surface area contributed by atoms with Gasteiger partial charge >= 0.3 is 11.9 Å². The summed E-state index contributed by atoms with van der Waals surface area (Å²) < 4.78 is 4.27. The Bertz CT molecular complexity index is 187. The zero-order valence-corrected chi connectivity index (χ0v) is 6.12. The Morgan fingerprint density at radius 1 is 1.55 bits per heavy atom. The zero-order valence-electron chi connectivity index (χ0n) is 6.12. The molecule has 0 saturated heterocycles. The number of carbonyl (C=O) groups excluding carboxylic acids is 2. The van der Waals surface area contributed by atoms with E-state index >= 15 is 0 Å². The third kappa shape index (κ3) is 3.36. The molecule has 0 spiro atoms. The molecule has 0 fully saturated rings. The summed E-state index contributed by atoms with van der Waals surface area (Å²) in [5.41, 5.74) is 0.0166. The van der Waals surface area contributed by atoms with Gasteiger partial charge in [0, 0.05) is 5.57 Å². The second kappa shape index (κ2) is 4.45. The first kappa shape index (κ1) is 9.64. The Morgan fingerprint density at radius 2 is 2.09 bits per heavy atom. The first-order chi connectivity index (χ1) is 5.11. The van der Waals surface area contributed by atoms with E-state index in [1.54, 1.807) is 0 Å². The fourth-order valence-electron chi connectivity index (χ4n) is 0.432. The van der Waals surface area contributed by atoms with Crippen molar-refractivity contribution in [3.05, 3.63) is 12.2 Å². The van der Waals surface area contributed by atoms with E-state index in [1.165, 1.54) is 7.11 Å². The Hall–Kier alpha value is -1.36. The Labute approximate surface area is 63.7 Å². The third-order valence-electron chi connectivity index (χ3n) is 0.963. The molecule has 0 aromatic carbocycles. The van der Waals surface area contributed by atoms with Crippen molar-refractivity contribution in [2.75, 3.05) is 7.11 Å². The van der Waals surface area contributed by atoms with E-state index < -0.39 is 11.9 Å². The number of hydrogen-bond donors (Lipinski definition) is 1. The van der Waals surface area contributed by atoms with Gasteiger partial charge in [-0.2, -0.15) is 5.90 Å². The standard InChI is InChI=1S/C6H9NO4/c1-4(6(9)10-2)3-5(8)11-7/h1,3,7H2,2H3. The second-order valence-corrected chi connectivity index (χ2v) is 1.76. The van der Waals surface area contributed by atoms with Crippen LogP contribution in [0.5, 0.6) is 0 Å². The summed E-state index contributed by atoms with van der Waals surface area (Å²) in [6.07, 6.45) is -0.247. The molecule has 2 N–H and O–H groups in total. The first-order valence-corrected chi connectivity index (χ1v) is 2.77. The largest absolute Gasteiger partial charge is 0.466 e. The lowest BCUT2D eigenvalue weighted by molar-refractivity contribution is -0.145. The maximum atomic E-state index is 10.6. The smallest absolute Gasteiger partial charge is 0.333 e. The van der Waals surface area contributed by atoms with Gasteiger partial charge in [-0.05, 0) is 0 Å². The summed E-state index contributed by atoms with van der Waals surface area (Å²) in [5.74, 6) is 3.15. The van der Waals surface area contributed by atoms with Gasteiger partial charge in [0.25, 0.3) is 0 Å². The maximum Gasteiger partial charge on any atom is 0.333 e. The molecule has 0 atom stereocenters. The van der Waals surface area contributed by atoms with Crippen molar-refractivity contribution in [3.8, 4) is 0 Å². The zero-order chi connectivity index (χ0) is 8.85. The number of rotatable bonds is 3. The van der Waals surface area contributed by atoms with Crippen molar-refractivity contribution in [1.82, 2.24) is 0 Å². The summed E-state index contributed by atoms with van der Waals surface area (Å²) in [6, 6.07) is 0. The van der Waals surface area contributed by atoms with E-state index in [1.807, 2.05) is 0 Å². The number of methoxy groups -OCH3 is 1. The molecule has 5 nitrogen and oxygen atoms in total. The summed E-state index contributed by atoms with van der Waals surface area (Å²) in [7, 11) is 1.20. The lowest BCUT2D eigenvalue weighted by Crippen LogP contribution is -2.14. The minimum atomic E-state index is -0.722. The number of esters is 1. The molecule has 0 aliphatic carbocycles. The number of hydrogen-bond acceptors (Lipinski definition) is 5. The molecule has 0 unspecified atom stereocenters. The molecule has 0 radical (unpaired) electrons. The highest BCUT2D eigenvalue weighted by molar-refractivity contribution is 5.93. The van der Waals surface area contributed by atoms with Gasteiger partial charge < -0.3 is 9.57 Å². The predicted octanol–water partition coefficient (Wildman–Crippen LogP) is -0.477. The second-order valence-electron chi connectivity index (χ2n) is 1.76. The molecule has 0 heterocycles. The monoisotopic (exact) mass is 159 g/mol. The normalized spacial score (nSPS) is 8.55. The van der Waals surface area contributed by atoms with Crippen LogP contribution >= 0.6 is 0 Å². The predicted molar refractivity (Wildman–Crippen MR) is 36.1 cm³/mol. The van der Waals surface area contributed by atoms with Gasteiger partial charge in [0.1, 0.15) is 0 Å². The molecule has 0 aliphatic rings. The van der Waals surface area contributed by atoms with Crippen molar-refractivity contribution in [1.29, 1.82) is 0 Å². The topological polar surface area (TPSA) is 78.6 Å². The van der Waals surface area contributed by atoms with Crippen LogP contribution in [0.1, 0.15) is 6.42 Å².